The topological polar surface area (TPSA) is 55.4 Å². The van der Waals surface area contributed by atoms with Crippen LogP contribution >= 0.6 is 15.9 Å². The Hall–Kier alpha value is -1.36. The molecule has 1 atom stereocenters. The quantitative estimate of drug-likeness (QED) is 0.823. The van der Waals surface area contributed by atoms with Crippen molar-refractivity contribution in [1.29, 1.82) is 0 Å². The number of hydrogen-bond acceptors (Lipinski definition) is 3. The maximum Gasteiger partial charge on any atom is 0.328 e. The molecule has 4 nitrogen and oxygen atoms in total. The van der Waals surface area contributed by atoms with Gasteiger partial charge in [-0.15, -0.1) is 0 Å². The number of methoxy groups -OCH3 is 1. The molecule has 1 amide bonds. The first-order chi connectivity index (χ1) is 9.76. The number of aryl methyl sites for hydroxylation is 2. The van der Waals surface area contributed by atoms with Crippen molar-refractivity contribution >= 4 is 27.8 Å². The first-order valence-corrected chi connectivity index (χ1v) is 7.71. The smallest absolute Gasteiger partial charge is 0.328 e. The van der Waals surface area contributed by atoms with E-state index in [9.17, 15) is 9.59 Å². The number of benzene rings is 1. The molecule has 0 aliphatic carbocycles. The van der Waals surface area contributed by atoms with E-state index in [0.29, 0.717) is 12.0 Å². The minimum absolute atomic E-state index is 0.259. The summed E-state index contributed by atoms with van der Waals surface area (Å²) in [6.07, 6.45) is 0.549. The summed E-state index contributed by atoms with van der Waals surface area (Å²) in [6, 6.07) is 2.98. The third-order valence-electron chi connectivity index (χ3n) is 3.20. The molecule has 116 valence electrons. The second-order valence-electron chi connectivity index (χ2n) is 5.60. The molecule has 0 aliphatic heterocycles. The average Bonchev–Trinajstić information content (AvgIpc) is 2.41. The minimum Gasteiger partial charge on any atom is -0.467 e. The van der Waals surface area contributed by atoms with Crippen LogP contribution in [0.5, 0.6) is 0 Å². The Kier molecular flexibility index (Phi) is 6.40. The zero-order valence-corrected chi connectivity index (χ0v) is 14.7. The van der Waals surface area contributed by atoms with Crippen LogP contribution in [0.2, 0.25) is 0 Å². The van der Waals surface area contributed by atoms with Crippen LogP contribution in [0, 0.1) is 19.8 Å². The Morgan fingerprint density at radius 1 is 1.24 bits per heavy atom. The number of nitrogens with one attached hydrogen (secondary N) is 1. The molecule has 0 aromatic heterocycles. The molecule has 0 spiro atoms. The number of ether oxygens (including phenoxy) is 1. The summed E-state index contributed by atoms with van der Waals surface area (Å²) in [7, 11) is 1.33. The Morgan fingerprint density at radius 2 is 1.76 bits per heavy atom. The fraction of sp³-hybridized carbons (Fsp3) is 0.500. The van der Waals surface area contributed by atoms with Gasteiger partial charge in [-0.1, -0.05) is 29.8 Å². The molecule has 0 aliphatic rings. The molecule has 1 rings (SSSR count). The van der Waals surface area contributed by atoms with E-state index in [2.05, 4.69) is 21.2 Å². The maximum atomic E-state index is 12.3. The molecule has 0 bridgehead atoms. The van der Waals surface area contributed by atoms with Gasteiger partial charge in [-0.05, 0) is 49.4 Å². The molecule has 1 unspecified atom stereocenters. The van der Waals surface area contributed by atoms with Crippen molar-refractivity contribution in [2.24, 2.45) is 5.92 Å². The Bertz CT molecular complexity index is 517. The molecule has 0 radical (unpaired) electrons. The van der Waals surface area contributed by atoms with E-state index in [1.54, 1.807) is 12.1 Å². The molecule has 0 saturated carbocycles. The number of halogens is 1. The average molecular weight is 356 g/mol. The van der Waals surface area contributed by atoms with E-state index in [4.69, 9.17) is 4.74 Å². The molecule has 21 heavy (non-hydrogen) atoms. The molecule has 5 heteroatoms. The summed E-state index contributed by atoms with van der Waals surface area (Å²) in [4.78, 5) is 24.1. The fourth-order valence-corrected chi connectivity index (χ4v) is 2.38. The molecular weight excluding hydrogens is 334 g/mol. The molecule has 0 heterocycles. The Labute approximate surface area is 134 Å². The lowest BCUT2D eigenvalue weighted by Crippen LogP contribution is -2.42. The number of hydrogen-bond donors (Lipinski definition) is 1. The van der Waals surface area contributed by atoms with Gasteiger partial charge in [-0.2, -0.15) is 0 Å². The van der Waals surface area contributed by atoms with Crippen LogP contribution in [0.15, 0.2) is 16.6 Å². The standard InChI is InChI=1S/C16H22BrNO3/c1-9(2)6-13(16(20)21-5)18-15(19)12-7-10(3)14(17)11(4)8-12/h7-9,13H,6H2,1-5H3,(H,18,19). The lowest BCUT2D eigenvalue weighted by atomic mass is 10.0. The van der Waals surface area contributed by atoms with E-state index < -0.39 is 12.0 Å². The fourth-order valence-electron chi connectivity index (χ4n) is 2.15. The first-order valence-electron chi connectivity index (χ1n) is 6.91. The highest BCUT2D eigenvalue weighted by Gasteiger charge is 2.23. The van der Waals surface area contributed by atoms with Gasteiger partial charge in [0.25, 0.3) is 5.91 Å². The normalized spacial score (nSPS) is 12.1. The summed E-state index contributed by atoms with van der Waals surface area (Å²) in [5.74, 6) is -0.393. The van der Waals surface area contributed by atoms with Crippen LogP contribution < -0.4 is 5.32 Å². The highest BCUT2D eigenvalue weighted by Crippen LogP contribution is 2.22. The van der Waals surface area contributed by atoms with Crippen LogP contribution in [0.4, 0.5) is 0 Å². The zero-order valence-electron chi connectivity index (χ0n) is 13.1. The van der Waals surface area contributed by atoms with E-state index in [1.807, 2.05) is 27.7 Å². The number of rotatable bonds is 5. The summed E-state index contributed by atoms with van der Waals surface area (Å²) < 4.78 is 5.75. The van der Waals surface area contributed by atoms with Crippen molar-refractivity contribution in [3.05, 3.63) is 33.3 Å². The SMILES string of the molecule is COC(=O)C(CC(C)C)NC(=O)c1cc(C)c(Br)c(C)c1. The molecular formula is C16H22BrNO3. The Morgan fingerprint density at radius 3 is 2.19 bits per heavy atom. The highest BCUT2D eigenvalue weighted by atomic mass is 79.9. The van der Waals surface area contributed by atoms with Gasteiger partial charge in [-0.3, -0.25) is 4.79 Å². The molecule has 1 N–H and O–H groups in total. The van der Waals surface area contributed by atoms with Gasteiger partial charge >= 0.3 is 5.97 Å². The van der Waals surface area contributed by atoms with Gasteiger partial charge in [0.1, 0.15) is 6.04 Å². The predicted octanol–water partition coefficient (Wildman–Crippen LogP) is 3.38. The van der Waals surface area contributed by atoms with Gasteiger partial charge in [0.15, 0.2) is 0 Å². The van der Waals surface area contributed by atoms with Gasteiger partial charge < -0.3 is 10.1 Å². The minimum atomic E-state index is -0.619. The predicted molar refractivity (Wildman–Crippen MR) is 86.3 cm³/mol. The van der Waals surface area contributed by atoms with E-state index in [-0.39, 0.29) is 11.8 Å². The monoisotopic (exact) mass is 355 g/mol. The molecule has 0 saturated heterocycles. The molecule has 0 fully saturated rings. The van der Waals surface area contributed by atoms with Crippen LogP contribution in [0.1, 0.15) is 41.8 Å². The van der Waals surface area contributed by atoms with Crippen LogP contribution in [-0.2, 0) is 9.53 Å². The van der Waals surface area contributed by atoms with Gasteiger partial charge in [0.05, 0.1) is 7.11 Å². The molecule has 1 aromatic carbocycles. The van der Waals surface area contributed by atoms with Crippen LogP contribution in [0.3, 0.4) is 0 Å². The van der Waals surface area contributed by atoms with E-state index >= 15 is 0 Å². The lowest BCUT2D eigenvalue weighted by molar-refractivity contribution is -0.143. The summed E-state index contributed by atoms with van der Waals surface area (Å²) in [5.41, 5.74) is 2.52. The highest BCUT2D eigenvalue weighted by molar-refractivity contribution is 9.10. The zero-order chi connectivity index (χ0) is 16.2. The maximum absolute atomic E-state index is 12.3. The van der Waals surface area contributed by atoms with Gasteiger partial charge in [0.2, 0.25) is 0 Å². The first kappa shape index (κ1) is 17.7. The molecule has 1 aromatic rings. The van der Waals surface area contributed by atoms with Gasteiger partial charge in [-0.25, -0.2) is 4.79 Å². The van der Waals surface area contributed by atoms with Crippen LogP contribution in [-0.4, -0.2) is 25.0 Å². The largest absolute Gasteiger partial charge is 0.467 e. The number of carbonyl (C=O) groups is 2. The second kappa shape index (κ2) is 7.59. The third-order valence-corrected chi connectivity index (χ3v) is 4.45. The van der Waals surface area contributed by atoms with Crippen LogP contribution in [0.25, 0.3) is 0 Å². The van der Waals surface area contributed by atoms with E-state index in [0.717, 1.165) is 15.6 Å². The van der Waals surface area contributed by atoms with Crippen molar-refractivity contribution in [1.82, 2.24) is 5.32 Å². The van der Waals surface area contributed by atoms with Crippen molar-refractivity contribution in [2.75, 3.05) is 7.11 Å². The summed E-state index contributed by atoms with van der Waals surface area (Å²) >= 11 is 3.47. The Balaban J connectivity index is 2.94. The van der Waals surface area contributed by atoms with Crippen molar-refractivity contribution in [2.45, 2.75) is 40.2 Å². The van der Waals surface area contributed by atoms with Crippen molar-refractivity contribution in [3.8, 4) is 0 Å². The summed E-state index contributed by atoms with van der Waals surface area (Å²) in [6.45, 7) is 7.85. The number of amides is 1. The second-order valence-corrected chi connectivity index (χ2v) is 6.40. The third kappa shape index (κ3) is 4.84. The summed E-state index contributed by atoms with van der Waals surface area (Å²) in [5, 5.41) is 2.76. The number of esters is 1. The van der Waals surface area contributed by atoms with Gasteiger partial charge in [0, 0.05) is 10.0 Å². The van der Waals surface area contributed by atoms with Crippen molar-refractivity contribution < 1.29 is 14.3 Å². The number of carbonyl (C=O) groups excluding carboxylic acids is 2. The van der Waals surface area contributed by atoms with Crippen molar-refractivity contribution in [3.63, 3.8) is 0 Å². The lowest BCUT2D eigenvalue weighted by Gasteiger charge is -2.18. The van der Waals surface area contributed by atoms with E-state index in [1.165, 1.54) is 7.11 Å².